The second kappa shape index (κ2) is 6.83. The van der Waals surface area contributed by atoms with E-state index in [-0.39, 0.29) is 0 Å². The second-order valence-electron chi connectivity index (χ2n) is 4.71. The first-order valence-electron chi connectivity index (χ1n) is 5.68. The van der Waals surface area contributed by atoms with Crippen LogP contribution in [-0.2, 0) is 9.59 Å². The highest BCUT2D eigenvalue weighted by molar-refractivity contribution is 5.84. The molecule has 0 aliphatic heterocycles. The van der Waals surface area contributed by atoms with E-state index in [2.05, 4.69) is 5.32 Å². The molecule has 0 aliphatic rings. The van der Waals surface area contributed by atoms with Crippen molar-refractivity contribution in [3.8, 4) is 0 Å². The van der Waals surface area contributed by atoms with Crippen molar-refractivity contribution in [2.75, 3.05) is 13.1 Å². The van der Waals surface area contributed by atoms with Crippen LogP contribution in [0.25, 0.3) is 0 Å². The molecule has 7 nitrogen and oxygen atoms in total. The van der Waals surface area contributed by atoms with Gasteiger partial charge in [-0.2, -0.15) is 0 Å². The molecular weight excluding hydrogens is 240 g/mol. The predicted molar refractivity (Wildman–Crippen MR) is 64.4 cm³/mol. The number of urea groups is 1. The van der Waals surface area contributed by atoms with E-state index in [0.717, 1.165) is 11.3 Å². The number of amides is 2. The van der Waals surface area contributed by atoms with Gasteiger partial charge in [-0.3, -0.25) is 9.59 Å². The largest absolute Gasteiger partial charge is 0.480 e. The number of carbonyl (C=O) groups excluding carboxylic acids is 1. The molecule has 0 rings (SSSR count). The molecular formula is C11H20N2O5. The summed E-state index contributed by atoms with van der Waals surface area (Å²) in [5.74, 6) is -2.50. The highest BCUT2D eigenvalue weighted by atomic mass is 16.4. The lowest BCUT2D eigenvalue weighted by Crippen LogP contribution is -2.52. The Kier molecular flexibility index (Phi) is 6.15. The fourth-order valence-corrected chi connectivity index (χ4v) is 1.58. The first-order valence-corrected chi connectivity index (χ1v) is 5.68. The Hall–Kier alpha value is -1.79. The maximum Gasteiger partial charge on any atom is 0.323 e. The number of carboxylic acid groups (broad SMARTS) is 2. The number of rotatable bonds is 7. The van der Waals surface area contributed by atoms with E-state index in [4.69, 9.17) is 10.2 Å². The Morgan fingerprint density at radius 3 is 1.89 bits per heavy atom. The van der Waals surface area contributed by atoms with E-state index >= 15 is 0 Å². The van der Waals surface area contributed by atoms with Crippen LogP contribution >= 0.6 is 0 Å². The monoisotopic (exact) mass is 260 g/mol. The number of carbonyl (C=O) groups is 3. The predicted octanol–water partition coefficient (Wildman–Crippen LogP) is 0.746. The van der Waals surface area contributed by atoms with Crippen molar-refractivity contribution >= 4 is 18.0 Å². The van der Waals surface area contributed by atoms with Crippen LogP contribution in [0.5, 0.6) is 0 Å². The molecule has 0 radical (unpaired) electrons. The quantitative estimate of drug-likeness (QED) is 0.626. The Labute approximate surface area is 106 Å². The molecule has 0 aromatic carbocycles. The van der Waals surface area contributed by atoms with E-state index < -0.39 is 36.6 Å². The van der Waals surface area contributed by atoms with Crippen molar-refractivity contribution in [1.29, 1.82) is 0 Å². The van der Waals surface area contributed by atoms with Crippen LogP contribution in [0.2, 0.25) is 0 Å². The van der Waals surface area contributed by atoms with Gasteiger partial charge in [-0.25, -0.2) is 4.79 Å². The molecule has 104 valence electrons. The van der Waals surface area contributed by atoms with Crippen molar-refractivity contribution in [3.63, 3.8) is 0 Å². The van der Waals surface area contributed by atoms with Gasteiger partial charge in [0.15, 0.2) is 0 Å². The summed E-state index contributed by atoms with van der Waals surface area (Å²) >= 11 is 0. The molecule has 0 fully saturated rings. The van der Waals surface area contributed by atoms with Gasteiger partial charge in [0.25, 0.3) is 0 Å². The maximum absolute atomic E-state index is 11.8. The molecule has 0 unspecified atom stereocenters. The summed E-state index contributed by atoms with van der Waals surface area (Å²) < 4.78 is 0. The summed E-state index contributed by atoms with van der Waals surface area (Å²) in [4.78, 5) is 33.7. The first-order chi connectivity index (χ1) is 8.18. The van der Waals surface area contributed by atoms with Gasteiger partial charge in [0, 0.05) is 5.54 Å². The van der Waals surface area contributed by atoms with Crippen molar-refractivity contribution in [2.45, 2.75) is 39.2 Å². The van der Waals surface area contributed by atoms with Crippen LogP contribution < -0.4 is 5.32 Å². The van der Waals surface area contributed by atoms with Crippen LogP contribution in [0.15, 0.2) is 0 Å². The van der Waals surface area contributed by atoms with Gasteiger partial charge in [-0.1, -0.05) is 13.3 Å². The standard InChI is InChI=1S/C11H20N2O5/c1-4-5-11(2,3)12-10(18)13(6-8(14)15)7-9(16)17/h4-7H2,1-3H3,(H,12,18)(H,14,15)(H,16,17). The van der Waals surface area contributed by atoms with Gasteiger partial charge in [0.2, 0.25) is 0 Å². The summed E-state index contributed by atoms with van der Waals surface area (Å²) in [6.07, 6.45) is 1.57. The molecule has 0 saturated carbocycles. The topological polar surface area (TPSA) is 107 Å². The Morgan fingerprint density at radius 2 is 1.56 bits per heavy atom. The molecule has 0 saturated heterocycles. The third-order valence-electron chi connectivity index (χ3n) is 2.26. The highest BCUT2D eigenvalue weighted by Crippen LogP contribution is 2.11. The van der Waals surface area contributed by atoms with E-state index in [9.17, 15) is 14.4 Å². The second-order valence-corrected chi connectivity index (χ2v) is 4.71. The number of hydrogen-bond acceptors (Lipinski definition) is 3. The minimum absolute atomic E-state index is 0.499. The van der Waals surface area contributed by atoms with E-state index in [1.54, 1.807) is 13.8 Å². The fraction of sp³-hybridized carbons (Fsp3) is 0.727. The van der Waals surface area contributed by atoms with Gasteiger partial charge in [0.1, 0.15) is 13.1 Å². The zero-order valence-corrected chi connectivity index (χ0v) is 10.9. The molecule has 0 bridgehead atoms. The van der Waals surface area contributed by atoms with Crippen LogP contribution in [0, 0.1) is 0 Å². The van der Waals surface area contributed by atoms with Crippen molar-refractivity contribution in [1.82, 2.24) is 10.2 Å². The Bertz CT molecular complexity index is 311. The third-order valence-corrected chi connectivity index (χ3v) is 2.26. The van der Waals surface area contributed by atoms with Crippen LogP contribution in [0.1, 0.15) is 33.6 Å². The molecule has 2 amide bonds. The number of hydrogen-bond donors (Lipinski definition) is 3. The summed E-state index contributed by atoms with van der Waals surface area (Å²) in [6, 6.07) is -0.682. The summed E-state index contributed by atoms with van der Waals surface area (Å²) in [6.45, 7) is 4.28. The van der Waals surface area contributed by atoms with Crippen molar-refractivity contribution in [2.24, 2.45) is 0 Å². The lowest BCUT2D eigenvalue weighted by Gasteiger charge is -2.29. The van der Waals surface area contributed by atoms with Gasteiger partial charge in [-0.05, 0) is 20.3 Å². The number of aliphatic carboxylic acids is 2. The van der Waals surface area contributed by atoms with Crippen molar-refractivity contribution in [3.05, 3.63) is 0 Å². The normalized spacial score (nSPS) is 10.8. The lowest BCUT2D eigenvalue weighted by atomic mass is 9.99. The fourth-order valence-electron chi connectivity index (χ4n) is 1.58. The Morgan fingerprint density at radius 1 is 1.11 bits per heavy atom. The van der Waals surface area contributed by atoms with Gasteiger partial charge < -0.3 is 20.4 Å². The zero-order chi connectivity index (χ0) is 14.3. The van der Waals surface area contributed by atoms with Gasteiger partial charge >= 0.3 is 18.0 Å². The molecule has 0 aliphatic carbocycles. The number of nitrogens with one attached hydrogen (secondary N) is 1. The molecule has 0 aromatic rings. The molecule has 0 atom stereocenters. The minimum Gasteiger partial charge on any atom is -0.480 e. The molecule has 7 heteroatoms. The van der Waals surface area contributed by atoms with Crippen LogP contribution in [0.3, 0.4) is 0 Å². The van der Waals surface area contributed by atoms with E-state index in [0.29, 0.717) is 6.42 Å². The molecule has 0 aromatic heterocycles. The summed E-state index contributed by atoms with van der Waals surface area (Å²) in [5, 5.41) is 19.9. The smallest absolute Gasteiger partial charge is 0.323 e. The molecule has 0 heterocycles. The average Bonchev–Trinajstić information content (AvgIpc) is 2.13. The molecule has 0 spiro atoms. The maximum atomic E-state index is 11.8. The summed E-state index contributed by atoms with van der Waals surface area (Å²) in [7, 11) is 0. The summed E-state index contributed by atoms with van der Waals surface area (Å²) in [5.41, 5.74) is -0.499. The minimum atomic E-state index is -1.25. The highest BCUT2D eigenvalue weighted by Gasteiger charge is 2.25. The van der Waals surface area contributed by atoms with E-state index in [1.807, 2.05) is 6.92 Å². The molecule has 18 heavy (non-hydrogen) atoms. The number of nitrogens with zero attached hydrogens (tertiary/aromatic N) is 1. The molecule has 3 N–H and O–H groups in total. The average molecular weight is 260 g/mol. The first kappa shape index (κ1) is 16.2. The Balaban J connectivity index is 4.64. The third kappa shape index (κ3) is 6.72. The van der Waals surface area contributed by atoms with Gasteiger partial charge in [0.05, 0.1) is 0 Å². The van der Waals surface area contributed by atoms with E-state index in [1.165, 1.54) is 0 Å². The van der Waals surface area contributed by atoms with Crippen LogP contribution in [0.4, 0.5) is 4.79 Å². The van der Waals surface area contributed by atoms with Crippen molar-refractivity contribution < 1.29 is 24.6 Å². The SMILES string of the molecule is CCCC(C)(C)NC(=O)N(CC(=O)O)CC(=O)O. The lowest BCUT2D eigenvalue weighted by molar-refractivity contribution is -0.140. The van der Waals surface area contributed by atoms with Gasteiger partial charge in [-0.15, -0.1) is 0 Å². The zero-order valence-electron chi connectivity index (χ0n) is 10.9. The number of carboxylic acids is 2. The van der Waals surface area contributed by atoms with Crippen LogP contribution in [-0.4, -0.2) is 51.7 Å².